The SMILES string of the molecule is Cc1nc(S(=O)(=O)N2CCN(CC(C)C(F)(F)F)[C@@H](c3cc4cnn(-c5ccc(F)cc5)c4cc3C)C2)cs1. The van der Waals surface area contributed by atoms with Crippen LogP contribution in [0.1, 0.15) is 29.1 Å². The lowest BCUT2D eigenvalue weighted by Crippen LogP contribution is -2.52. The molecule has 39 heavy (non-hydrogen) atoms. The molecule has 3 heterocycles. The van der Waals surface area contributed by atoms with E-state index in [-0.39, 0.29) is 37.0 Å². The highest BCUT2D eigenvalue weighted by atomic mass is 32.2. The van der Waals surface area contributed by atoms with Crippen LogP contribution in [0.4, 0.5) is 17.6 Å². The first kappa shape index (κ1) is 27.7. The Morgan fingerprint density at radius 3 is 2.49 bits per heavy atom. The molecular weight excluding hydrogens is 554 g/mol. The second-order valence-electron chi connectivity index (χ2n) is 9.82. The van der Waals surface area contributed by atoms with Crippen molar-refractivity contribution >= 4 is 32.3 Å². The van der Waals surface area contributed by atoms with Crippen molar-refractivity contribution in [3.8, 4) is 5.69 Å². The molecular formula is C26H27F4N5O2S2. The maximum absolute atomic E-state index is 13.5. The summed E-state index contributed by atoms with van der Waals surface area (Å²) in [4.78, 5) is 5.86. The van der Waals surface area contributed by atoms with E-state index >= 15 is 0 Å². The zero-order chi connectivity index (χ0) is 28.1. The highest BCUT2D eigenvalue weighted by molar-refractivity contribution is 7.89. The van der Waals surface area contributed by atoms with Crippen LogP contribution in [-0.2, 0) is 10.0 Å². The minimum absolute atomic E-state index is 0.0120. The zero-order valence-corrected chi connectivity index (χ0v) is 23.1. The van der Waals surface area contributed by atoms with Crippen molar-refractivity contribution in [2.45, 2.75) is 38.0 Å². The van der Waals surface area contributed by atoms with Gasteiger partial charge in [-0.3, -0.25) is 4.90 Å². The Morgan fingerprint density at radius 1 is 1.13 bits per heavy atom. The van der Waals surface area contributed by atoms with E-state index in [1.165, 1.54) is 33.2 Å². The van der Waals surface area contributed by atoms with Gasteiger partial charge in [0, 0.05) is 43.0 Å². The normalized spacial score (nSPS) is 18.6. The summed E-state index contributed by atoms with van der Waals surface area (Å²) in [5.74, 6) is -1.96. The van der Waals surface area contributed by atoms with E-state index in [2.05, 4.69) is 10.1 Å². The second-order valence-corrected chi connectivity index (χ2v) is 12.8. The summed E-state index contributed by atoms with van der Waals surface area (Å²) in [6.45, 7) is 4.63. The number of fused-ring (bicyclic) bond motifs is 1. The first-order valence-corrected chi connectivity index (χ1v) is 14.6. The number of rotatable bonds is 6. The molecule has 7 nitrogen and oxygen atoms in total. The third-order valence-electron chi connectivity index (χ3n) is 7.11. The number of aromatic nitrogens is 3. The lowest BCUT2D eigenvalue weighted by molar-refractivity contribution is -0.176. The first-order chi connectivity index (χ1) is 18.3. The lowest BCUT2D eigenvalue weighted by atomic mass is 9.95. The molecule has 1 aliphatic rings. The molecule has 0 saturated carbocycles. The topological polar surface area (TPSA) is 71.3 Å². The third-order valence-corrected chi connectivity index (χ3v) is 9.78. The van der Waals surface area contributed by atoms with Gasteiger partial charge in [-0.25, -0.2) is 22.5 Å². The van der Waals surface area contributed by atoms with Crippen molar-refractivity contribution < 1.29 is 26.0 Å². The van der Waals surface area contributed by atoms with E-state index in [0.29, 0.717) is 10.7 Å². The van der Waals surface area contributed by atoms with E-state index in [4.69, 9.17) is 0 Å². The summed E-state index contributed by atoms with van der Waals surface area (Å²) in [6.07, 6.45) is -2.74. The number of halogens is 4. The smallest absolute Gasteiger partial charge is 0.293 e. The maximum atomic E-state index is 13.5. The van der Waals surface area contributed by atoms with Crippen LogP contribution in [0.2, 0.25) is 0 Å². The van der Waals surface area contributed by atoms with Crippen LogP contribution in [0.5, 0.6) is 0 Å². The number of sulfonamides is 1. The molecule has 1 unspecified atom stereocenters. The van der Waals surface area contributed by atoms with Gasteiger partial charge in [-0.05, 0) is 61.4 Å². The molecule has 0 aliphatic carbocycles. The van der Waals surface area contributed by atoms with E-state index in [9.17, 15) is 26.0 Å². The zero-order valence-electron chi connectivity index (χ0n) is 21.5. The summed E-state index contributed by atoms with van der Waals surface area (Å²) in [6, 6.07) is 9.01. The molecule has 5 rings (SSSR count). The molecule has 0 spiro atoms. The summed E-state index contributed by atoms with van der Waals surface area (Å²) in [5.41, 5.74) is 2.92. The number of hydrogen-bond donors (Lipinski definition) is 0. The fourth-order valence-corrected chi connectivity index (χ4v) is 7.26. The van der Waals surface area contributed by atoms with Gasteiger partial charge in [0.25, 0.3) is 10.0 Å². The van der Waals surface area contributed by atoms with Crippen LogP contribution in [0.3, 0.4) is 0 Å². The highest BCUT2D eigenvalue weighted by Crippen LogP contribution is 2.36. The molecule has 0 N–H and O–H groups in total. The standard InChI is InChI=1S/C26H27F4N5O2S2/c1-16-10-23-19(12-31-35(23)21-6-4-20(27)5-7-21)11-22(16)24-14-34(39(36,37)25-15-38-18(3)32-25)9-8-33(24)13-17(2)26(28,29)30/h4-7,10-12,15,17,24H,8-9,13-14H2,1-3H3/t17?,24-/m1/s1. The largest absolute Gasteiger partial charge is 0.392 e. The molecule has 2 aromatic carbocycles. The molecule has 0 radical (unpaired) electrons. The third kappa shape index (κ3) is 5.45. The van der Waals surface area contributed by atoms with Gasteiger partial charge in [0.1, 0.15) is 5.82 Å². The fourth-order valence-electron chi connectivity index (χ4n) is 4.92. The van der Waals surface area contributed by atoms with Gasteiger partial charge in [0.15, 0.2) is 5.03 Å². The van der Waals surface area contributed by atoms with Gasteiger partial charge in [-0.2, -0.15) is 22.6 Å². The second kappa shape index (κ2) is 10.3. The van der Waals surface area contributed by atoms with Crippen molar-refractivity contribution in [2.24, 2.45) is 5.92 Å². The quantitative estimate of drug-likeness (QED) is 0.282. The molecule has 4 aromatic rings. The minimum atomic E-state index is -4.37. The van der Waals surface area contributed by atoms with Crippen molar-refractivity contribution in [3.63, 3.8) is 0 Å². The van der Waals surface area contributed by atoms with Crippen LogP contribution in [0.15, 0.2) is 53.0 Å². The van der Waals surface area contributed by atoms with E-state index in [1.807, 2.05) is 19.1 Å². The Balaban J connectivity index is 1.54. The van der Waals surface area contributed by atoms with Crippen molar-refractivity contribution in [1.29, 1.82) is 0 Å². The van der Waals surface area contributed by atoms with Gasteiger partial charge in [0.05, 0.1) is 28.3 Å². The monoisotopic (exact) mass is 581 g/mol. The predicted molar refractivity (Wildman–Crippen MR) is 141 cm³/mol. The maximum Gasteiger partial charge on any atom is 0.392 e. The Kier molecular flexibility index (Phi) is 7.29. The Labute approximate surface area is 227 Å². The van der Waals surface area contributed by atoms with E-state index < -0.39 is 28.2 Å². The average Bonchev–Trinajstić information content (AvgIpc) is 3.50. The predicted octanol–water partition coefficient (Wildman–Crippen LogP) is 5.48. The number of piperazine rings is 1. The molecule has 1 aliphatic heterocycles. The average molecular weight is 582 g/mol. The van der Waals surface area contributed by atoms with E-state index in [0.717, 1.165) is 29.0 Å². The van der Waals surface area contributed by atoms with Gasteiger partial charge in [-0.1, -0.05) is 6.92 Å². The van der Waals surface area contributed by atoms with Crippen molar-refractivity contribution in [1.82, 2.24) is 24.0 Å². The molecule has 208 valence electrons. The van der Waals surface area contributed by atoms with Crippen LogP contribution < -0.4 is 0 Å². The molecule has 0 amide bonds. The van der Waals surface area contributed by atoms with Crippen molar-refractivity contribution in [2.75, 3.05) is 26.2 Å². The number of aryl methyl sites for hydroxylation is 2. The van der Waals surface area contributed by atoms with Crippen LogP contribution in [0.25, 0.3) is 16.6 Å². The molecule has 2 aromatic heterocycles. The number of nitrogens with zero attached hydrogens (tertiary/aromatic N) is 5. The van der Waals surface area contributed by atoms with Gasteiger partial charge in [-0.15, -0.1) is 11.3 Å². The Morgan fingerprint density at radius 2 is 1.85 bits per heavy atom. The first-order valence-electron chi connectivity index (χ1n) is 12.3. The van der Waals surface area contributed by atoms with E-state index in [1.54, 1.807) is 34.8 Å². The fraction of sp³-hybridized carbons (Fsp3) is 0.385. The lowest BCUT2D eigenvalue weighted by Gasteiger charge is -2.42. The summed E-state index contributed by atoms with van der Waals surface area (Å²) >= 11 is 1.23. The number of thiazole rings is 1. The number of hydrogen-bond acceptors (Lipinski definition) is 6. The van der Waals surface area contributed by atoms with Crippen molar-refractivity contribution in [3.05, 3.63) is 69.9 Å². The highest BCUT2D eigenvalue weighted by Gasteiger charge is 2.42. The van der Waals surface area contributed by atoms with Crippen LogP contribution in [0, 0.1) is 25.6 Å². The van der Waals surface area contributed by atoms with Gasteiger partial charge < -0.3 is 0 Å². The summed E-state index contributed by atoms with van der Waals surface area (Å²) in [7, 11) is -3.92. The number of benzene rings is 2. The molecule has 0 bridgehead atoms. The van der Waals surface area contributed by atoms with Gasteiger partial charge in [0.2, 0.25) is 0 Å². The minimum Gasteiger partial charge on any atom is -0.293 e. The molecule has 1 saturated heterocycles. The summed E-state index contributed by atoms with van der Waals surface area (Å²) in [5, 5.41) is 7.22. The Hall–Kier alpha value is -2.87. The van der Waals surface area contributed by atoms with Crippen LogP contribution >= 0.6 is 11.3 Å². The molecule has 13 heteroatoms. The van der Waals surface area contributed by atoms with Crippen LogP contribution in [-0.4, -0.2) is 64.7 Å². The Bertz CT molecular complexity index is 1600. The molecule has 1 fully saturated rings. The summed E-state index contributed by atoms with van der Waals surface area (Å²) < 4.78 is 83.7. The number of alkyl halides is 3. The van der Waals surface area contributed by atoms with Gasteiger partial charge >= 0.3 is 6.18 Å². The molecule has 2 atom stereocenters.